The second-order valence-corrected chi connectivity index (χ2v) is 9.24. The maximum Gasteiger partial charge on any atom is 0.145 e. The van der Waals surface area contributed by atoms with Crippen molar-refractivity contribution in [1.82, 2.24) is 5.16 Å². The van der Waals surface area contributed by atoms with Crippen LogP contribution >= 0.6 is 34.8 Å². The molecule has 1 aromatic carbocycles. The lowest BCUT2D eigenvalue weighted by Gasteiger charge is -2.45. The molecule has 0 aliphatic heterocycles. The van der Waals surface area contributed by atoms with E-state index in [0.717, 1.165) is 29.2 Å². The molecule has 1 saturated carbocycles. The Morgan fingerprint density at radius 2 is 1.89 bits per heavy atom. The van der Waals surface area contributed by atoms with Crippen LogP contribution in [0.25, 0.3) is 11.3 Å². The molecule has 2 aromatic rings. The van der Waals surface area contributed by atoms with Crippen LogP contribution in [0.15, 0.2) is 33.8 Å². The van der Waals surface area contributed by atoms with Gasteiger partial charge in [-0.25, -0.2) is 0 Å². The molecule has 1 unspecified atom stereocenters. The molecule has 1 heterocycles. The van der Waals surface area contributed by atoms with Gasteiger partial charge in [-0.1, -0.05) is 72.9 Å². The highest BCUT2D eigenvalue weighted by molar-refractivity contribution is 6.39. The monoisotopic (exact) mass is 425 g/mol. The highest BCUT2D eigenvalue weighted by Gasteiger charge is 2.46. The summed E-state index contributed by atoms with van der Waals surface area (Å²) in [4.78, 5) is 0. The molecule has 1 aromatic heterocycles. The molecule has 0 bridgehead atoms. The molecule has 0 amide bonds. The van der Waals surface area contributed by atoms with Crippen LogP contribution in [0.4, 0.5) is 0 Å². The molecule has 3 nitrogen and oxygen atoms in total. The summed E-state index contributed by atoms with van der Waals surface area (Å²) >= 11 is 19.2. The zero-order valence-corrected chi connectivity index (χ0v) is 17.8. The number of nitrogens with zero attached hydrogens (tertiary/aromatic N) is 1. The molecule has 0 spiro atoms. The second-order valence-electron chi connectivity index (χ2n) is 7.99. The number of rotatable bonds is 6. The molecule has 2 aliphatic rings. The van der Waals surface area contributed by atoms with Gasteiger partial charge in [-0.15, -0.1) is 0 Å². The van der Waals surface area contributed by atoms with Crippen molar-refractivity contribution in [2.75, 3.05) is 0 Å². The van der Waals surface area contributed by atoms with Crippen molar-refractivity contribution >= 4 is 34.8 Å². The van der Waals surface area contributed by atoms with Crippen molar-refractivity contribution in [3.8, 4) is 11.3 Å². The quantitative estimate of drug-likeness (QED) is 0.489. The molecule has 0 saturated heterocycles. The van der Waals surface area contributed by atoms with E-state index in [2.05, 4.69) is 32.0 Å². The summed E-state index contributed by atoms with van der Waals surface area (Å²) < 4.78 is 12.0. The predicted octanol–water partition coefficient (Wildman–Crippen LogP) is 7.21. The van der Waals surface area contributed by atoms with Gasteiger partial charge in [0, 0.05) is 27.5 Å². The van der Waals surface area contributed by atoms with Gasteiger partial charge in [0.25, 0.3) is 0 Å². The minimum Gasteiger partial charge on any atom is -0.367 e. The van der Waals surface area contributed by atoms with Crippen LogP contribution in [0, 0.1) is 11.3 Å². The molecule has 2 aliphatic carbocycles. The molecule has 6 heteroatoms. The van der Waals surface area contributed by atoms with E-state index >= 15 is 0 Å². The summed E-state index contributed by atoms with van der Waals surface area (Å²) in [5, 5.41) is 6.17. The minimum atomic E-state index is -0.129. The third kappa shape index (κ3) is 3.33. The SMILES string of the molecule is CC(C)[C@@]1(C)C=C(Cl)C1OCc1c(-c2c(Cl)cccc2Cl)noc1C1CC1. The van der Waals surface area contributed by atoms with Crippen LogP contribution in [0.5, 0.6) is 0 Å². The van der Waals surface area contributed by atoms with E-state index in [1.807, 2.05) is 6.07 Å². The van der Waals surface area contributed by atoms with E-state index in [4.69, 9.17) is 44.1 Å². The van der Waals surface area contributed by atoms with Crippen molar-refractivity contribution < 1.29 is 9.26 Å². The normalized spacial score (nSPS) is 24.9. The van der Waals surface area contributed by atoms with E-state index in [1.54, 1.807) is 12.1 Å². The topological polar surface area (TPSA) is 35.3 Å². The molecule has 0 N–H and O–H groups in total. The fraction of sp³-hybridized carbons (Fsp3) is 0.476. The van der Waals surface area contributed by atoms with Crippen LogP contribution in [0.3, 0.4) is 0 Å². The highest BCUT2D eigenvalue weighted by Crippen LogP contribution is 2.50. The lowest BCUT2D eigenvalue weighted by Crippen LogP contribution is -2.45. The Kier molecular flexibility index (Phi) is 5.09. The Labute approximate surface area is 174 Å². The molecule has 144 valence electrons. The van der Waals surface area contributed by atoms with Crippen molar-refractivity contribution in [3.63, 3.8) is 0 Å². The van der Waals surface area contributed by atoms with E-state index in [9.17, 15) is 0 Å². The van der Waals surface area contributed by atoms with Crippen LogP contribution < -0.4 is 0 Å². The van der Waals surface area contributed by atoms with Gasteiger partial charge in [-0.05, 0) is 30.9 Å². The summed E-state index contributed by atoms with van der Waals surface area (Å²) in [6.45, 7) is 6.90. The summed E-state index contributed by atoms with van der Waals surface area (Å²) in [6.07, 6.45) is 4.17. The average Bonchev–Trinajstić information content (AvgIpc) is 3.36. The number of ether oxygens (including phenoxy) is 1. The fourth-order valence-electron chi connectivity index (χ4n) is 3.59. The number of hydrogen-bond donors (Lipinski definition) is 0. The summed E-state index contributed by atoms with van der Waals surface area (Å²) in [5.41, 5.74) is 2.21. The van der Waals surface area contributed by atoms with Gasteiger partial charge in [-0.2, -0.15) is 0 Å². The molecular formula is C21H22Cl3NO2. The van der Waals surface area contributed by atoms with Gasteiger partial charge in [0.1, 0.15) is 17.6 Å². The van der Waals surface area contributed by atoms with E-state index in [-0.39, 0.29) is 11.5 Å². The lowest BCUT2D eigenvalue weighted by atomic mass is 9.67. The number of halogens is 3. The van der Waals surface area contributed by atoms with Gasteiger partial charge in [0.05, 0.1) is 16.7 Å². The maximum absolute atomic E-state index is 6.41. The van der Waals surface area contributed by atoms with E-state index < -0.39 is 0 Å². The predicted molar refractivity (Wildman–Crippen MR) is 109 cm³/mol. The Hall–Kier alpha value is -1.00. The second kappa shape index (κ2) is 7.11. The van der Waals surface area contributed by atoms with Crippen molar-refractivity contribution in [2.45, 2.75) is 52.2 Å². The van der Waals surface area contributed by atoms with Crippen molar-refractivity contribution in [1.29, 1.82) is 0 Å². The summed E-state index contributed by atoms with van der Waals surface area (Å²) in [5.74, 6) is 1.70. The molecule has 27 heavy (non-hydrogen) atoms. The van der Waals surface area contributed by atoms with Crippen LogP contribution in [-0.2, 0) is 11.3 Å². The smallest absolute Gasteiger partial charge is 0.145 e. The Bertz CT molecular complexity index is 881. The first-order valence-electron chi connectivity index (χ1n) is 9.25. The van der Waals surface area contributed by atoms with Gasteiger partial charge in [0.15, 0.2) is 0 Å². The maximum atomic E-state index is 6.41. The van der Waals surface area contributed by atoms with Crippen LogP contribution in [-0.4, -0.2) is 11.3 Å². The van der Waals surface area contributed by atoms with Gasteiger partial charge in [-0.3, -0.25) is 0 Å². The Morgan fingerprint density at radius 3 is 2.44 bits per heavy atom. The fourth-order valence-corrected chi connectivity index (χ4v) is 4.70. The molecular weight excluding hydrogens is 405 g/mol. The Balaban J connectivity index is 1.67. The zero-order chi connectivity index (χ0) is 19.3. The van der Waals surface area contributed by atoms with Gasteiger partial charge >= 0.3 is 0 Å². The van der Waals surface area contributed by atoms with Gasteiger partial charge in [0.2, 0.25) is 0 Å². The lowest BCUT2D eigenvalue weighted by molar-refractivity contribution is -0.0334. The first-order valence-corrected chi connectivity index (χ1v) is 10.4. The first kappa shape index (κ1) is 19.3. The van der Waals surface area contributed by atoms with Crippen molar-refractivity contribution in [3.05, 3.63) is 50.7 Å². The molecule has 0 radical (unpaired) electrons. The van der Waals surface area contributed by atoms with Crippen LogP contribution in [0.2, 0.25) is 10.0 Å². The average molecular weight is 427 g/mol. The van der Waals surface area contributed by atoms with Crippen molar-refractivity contribution in [2.24, 2.45) is 11.3 Å². The van der Waals surface area contributed by atoms with Gasteiger partial charge < -0.3 is 9.26 Å². The first-order chi connectivity index (χ1) is 12.8. The molecule has 2 atom stereocenters. The zero-order valence-electron chi connectivity index (χ0n) is 15.6. The summed E-state index contributed by atoms with van der Waals surface area (Å²) in [6, 6.07) is 5.43. The summed E-state index contributed by atoms with van der Waals surface area (Å²) in [7, 11) is 0. The van der Waals surface area contributed by atoms with E-state index in [1.165, 1.54) is 0 Å². The number of benzene rings is 1. The number of hydrogen-bond acceptors (Lipinski definition) is 3. The third-order valence-electron chi connectivity index (χ3n) is 5.87. The number of aromatic nitrogens is 1. The molecule has 4 rings (SSSR count). The van der Waals surface area contributed by atoms with E-state index in [0.29, 0.717) is 39.7 Å². The minimum absolute atomic E-state index is 0.0732. The largest absolute Gasteiger partial charge is 0.367 e. The standard InChI is InChI=1S/C21H22Cl3NO2/c1-11(2)21(3)9-16(24)20(21)26-10-13-18(25-27-19(13)12-7-8-12)17-14(22)5-4-6-15(17)23/h4-6,9,11-12,20H,7-8,10H2,1-3H3/t20?,21-/m1/s1. The molecule has 1 fully saturated rings. The van der Waals surface area contributed by atoms with Crippen LogP contribution in [0.1, 0.15) is 50.9 Å². The third-order valence-corrected chi connectivity index (χ3v) is 6.81. The Morgan fingerprint density at radius 1 is 1.22 bits per heavy atom. The highest BCUT2D eigenvalue weighted by atomic mass is 35.5.